The summed E-state index contributed by atoms with van der Waals surface area (Å²) >= 11 is 0. The Bertz CT molecular complexity index is 738. The highest BCUT2D eigenvalue weighted by Gasteiger charge is 2.18. The van der Waals surface area contributed by atoms with E-state index in [0.717, 1.165) is 5.56 Å². The van der Waals surface area contributed by atoms with Crippen LogP contribution in [0.2, 0.25) is 0 Å². The normalized spacial score (nSPS) is 11.4. The summed E-state index contributed by atoms with van der Waals surface area (Å²) in [7, 11) is 0. The van der Waals surface area contributed by atoms with E-state index < -0.39 is 12.0 Å². The quantitative estimate of drug-likeness (QED) is 0.476. The van der Waals surface area contributed by atoms with E-state index in [1.54, 1.807) is 31.2 Å². The molecule has 0 aromatic heterocycles. The minimum Gasteiger partial charge on any atom is -0.426 e. The van der Waals surface area contributed by atoms with E-state index in [1.807, 2.05) is 30.3 Å². The van der Waals surface area contributed by atoms with Gasteiger partial charge in [0.15, 0.2) is 5.78 Å². The number of ether oxygens (including phenoxy) is 1. The van der Waals surface area contributed by atoms with Crippen molar-refractivity contribution in [2.24, 2.45) is 0 Å². The molecular weight excluding hydrogens is 318 g/mol. The first-order chi connectivity index (χ1) is 12.0. The summed E-state index contributed by atoms with van der Waals surface area (Å²) in [6.07, 6.45) is 0.438. The van der Waals surface area contributed by atoms with Gasteiger partial charge in [-0.2, -0.15) is 0 Å². The van der Waals surface area contributed by atoms with Crippen LogP contribution in [0.1, 0.15) is 48.7 Å². The van der Waals surface area contributed by atoms with Gasteiger partial charge in [-0.1, -0.05) is 37.3 Å². The number of benzene rings is 2. The number of hydrogen-bond donors (Lipinski definition) is 1. The predicted molar refractivity (Wildman–Crippen MR) is 94.3 cm³/mol. The van der Waals surface area contributed by atoms with Gasteiger partial charge in [-0.3, -0.25) is 14.4 Å². The highest BCUT2D eigenvalue weighted by molar-refractivity contribution is 5.95. The van der Waals surface area contributed by atoms with E-state index in [2.05, 4.69) is 5.32 Å². The average molecular weight is 339 g/mol. The van der Waals surface area contributed by atoms with Gasteiger partial charge >= 0.3 is 5.97 Å². The fourth-order valence-electron chi connectivity index (χ4n) is 2.44. The summed E-state index contributed by atoms with van der Waals surface area (Å²) < 4.78 is 5.31. The zero-order valence-corrected chi connectivity index (χ0v) is 14.3. The molecule has 5 nitrogen and oxygen atoms in total. The summed E-state index contributed by atoms with van der Waals surface area (Å²) in [5, 5.41) is 2.76. The van der Waals surface area contributed by atoms with Crippen LogP contribution in [0.4, 0.5) is 0 Å². The van der Waals surface area contributed by atoms with E-state index in [0.29, 0.717) is 17.7 Å². The largest absolute Gasteiger partial charge is 0.426 e. The van der Waals surface area contributed by atoms with Crippen molar-refractivity contribution >= 4 is 17.7 Å². The molecule has 2 rings (SSSR count). The SMILES string of the molecule is CCC(=O)c1ccc(OC(=O)C[C@H](NC(C)=O)c2ccccc2)cc1. The van der Waals surface area contributed by atoms with Gasteiger partial charge in [-0.25, -0.2) is 0 Å². The smallest absolute Gasteiger partial charge is 0.313 e. The van der Waals surface area contributed by atoms with E-state index in [1.165, 1.54) is 6.92 Å². The first-order valence-corrected chi connectivity index (χ1v) is 8.15. The number of ketones is 1. The average Bonchev–Trinajstić information content (AvgIpc) is 2.61. The molecule has 5 heteroatoms. The monoisotopic (exact) mass is 339 g/mol. The Labute approximate surface area is 147 Å². The van der Waals surface area contributed by atoms with Gasteiger partial charge in [0.1, 0.15) is 5.75 Å². The molecule has 0 heterocycles. The molecule has 2 aromatic rings. The Morgan fingerprint density at radius 1 is 1.00 bits per heavy atom. The maximum atomic E-state index is 12.2. The molecule has 0 spiro atoms. The van der Waals surface area contributed by atoms with Gasteiger partial charge in [-0.15, -0.1) is 0 Å². The molecular formula is C20H21NO4. The number of nitrogens with one attached hydrogen (secondary N) is 1. The number of carbonyl (C=O) groups is 3. The van der Waals surface area contributed by atoms with Crippen LogP contribution in [0.15, 0.2) is 54.6 Å². The number of carbonyl (C=O) groups excluding carboxylic acids is 3. The highest BCUT2D eigenvalue weighted by atomic mass is 16.5. The molecule has 0 radical (unpaired) electrons. The zero-order valence-electron chi connectivity index (χ0n) is 14.3. The van der Waals surface area contributed by atoms with Crippen LogP contribution >= 0.6 is 0 Å². The number of esters is 1. The van der Waals surface area contributed by atoms with Crippen molar-refractivity contribution in [3.63, 3.8) is 0 Å². The van der Waals surface area contributed by atoms with Gasteiger partial charge in [0.2, 0.25) is 5.91 Å². The van der Waals surface area contributed by atoms with Crippen molar-refractivity contribution in [2.75, 3.05) is 0 Å². The van der Waals surface area contributed by atoms with E-state index >= 15 is 0 Å². The van der Waals surface area contributed by atoms with Crippen LogP contribution in [0.5, 0.6) is 5.75 Å². The minimum atomic E-state index is -0.461. The Morgan fingerprint density at radius 3 is 2.20 bits per heavy atom. The molecule has 1 N–H and O–H groups in total. The summed E-state index contributed by atoms with van der Waals surface area (Å²) in [6.45, 7) is 3.20. The maximum Gasteiger partial charge on any atom is 0.313 e. The van der Waals surface area contributed by atoms with E-state index in [4.69, 9.17) is 4.74 Å². The van der Waals surface area contributed by atoms with E-state index in [-0.39, 0.29) is 18.1 Å². The van der Waals surface area contributed by atoms with Crippen molar-refractivity contribution < 1.29 is 19.1 Å². The summed E-state index contributed by atoms with van der Waals surface area (Å²) in [4.78, 5) is 35.2. The Hall–Kier alpha value is -2.95. The van der Waals surface area contributed by atoms with Crippen molar-refractivity contribution in [1.82, 2.24) is 5.32 Å². The number of amides is 1. The standard InChI is InChI=1S/C20H21NO4/c1-3-19(23)16-9-11-17(12-10-16)25-20(24)13-18(21-14(2)22)15-7-5-4-6-8-15/h4-12,18H,3,13H2,1-2H3,(H,21,22)/t18-/m0/s1. The second kappa shape index (κ2) is 8.78. The fraction of sp³-hybridized carbons (Fsp3) is 0.250. The Morgan fingerprint density at radius 2 is 1.64 bits per heavy atom. The third-order valence-corrected chi connectivity index (χ3v) is 3.68. The first-order valence-electron chi connectivity index (χ1n) is 8.15. The van der Waals surface area contributed by atoms with Crippen LogP contribution in [0.25, 0.3) is 0 Å². The Balaban J connectivity index is 2.03. The molecule has 1 amide bonds. The lowest BCUT2D eigenvalue weighted by Gasteiger charge is -2.17. The fourth-order valence-corrected chi connectivity index (χ4v) is 2.44. The molecule has 0 bridgehead atoms. The third-order valence-electron chi connectivity index (χ3n) is 3.68. The van der Waals surface area contributed by atoms with Crippen LogP contribution in [-0.2, 0) is 9.59 Å². The van der Waals surface area contributed by atoms with Gasteiger partial charge in [0.25, 0.3) is 0 Å². The van der Waals surface area contributed by atoms with Crippen LogP contribution in [0, 0.1) is 0 Å². The first kappa shape index (κ1) is 18.4. The van der Waals surface area contributed by atoms with Gasteiger partial charge < -0.3 is 10.1 Å². The van der Waals surface area contributed by atoms with Crippen molar-refractivity contribution in [1.29, 1.82) is 0 Å². The molecule has 0 aliphatic carbocycles. The predicted octanol–water partition coefficient (Wildman–Crippen LogP) is 3.45. The molecule has 2 aromatic carbocycles. The summed E-state index contributed by atoms with van der Waals surface area (Å²) in [6, 6.07) is 15.3. The van der Waals surface area contributed by atoms with Gasteiger partial charge in [0, 0.05) is 18.9 Å². The third kappa shape index (κ3) is 5.57. The van der Waals surface area contributed by atoms with Crippen LogP contribution in [0.3, 0.4) is 0 Å². The number of Topliss-reactive ketones (excluding diaryl/α,β-unsaturated/α-hetero) is 1. The molecule has 0 unspecified atom stereocenters. The molecule has 130 valence electrons. The molecule has 0 saturated heterocycles. The molecule has 0 fully saturated rings. The number of hydrogen-bond acceptors (Lipinski definition) is 4. The molecule has 25 heavy (non-hydrogen) atoms. The molecule has 1 atom stereocenters. The van der Waals surface area contributed by atoms with Crippen molar-refractivity contribution in [2.45, 2.75) is 32.7 Å². The van der Waals surface area contributed by atoms with Crippen molar-refractivity contribution in [3.05, 3.63) is 65.7 Å². The molecule has 0 aliphatic rings. The highest BCUT2D eigenvalue weighted by Crippen LogP contribution is 2.19. The summed E-state index contributed by atoms with van der Waals surface area (Å²) in [5.74, 6) is -0.277. The van der Waals surface area contributed by atoms with Gasteiger partial charge in [0.05, 0.1) is 12.5 Å². The number of rotatable bonds is 7. The Kier molecular flexibility index (Phi) is 6.46. The van der Waals surface area contributed by atoms with Crippen LogP contribution < -0.4 is 10.1 Å². The van der Waals surface area contributed by atoms with E-state index in [9.17, 15) is 14.4 Å². The topological polar surface area (TPSA) is 72.5 Å². The maximum absolute atomic E-state index is 12.2. The minimum absolute atomic E-state index is 0.0131. The zero-order chi connectivity index (χ0) is 18.2. The van der Waals surface area contributed by atoms with Gasteiger partial charge in [-0.05, 0) is 29.8 Å². The second-order valence-electron chi connectivity index (χ2n) is 5.64. The lowest BCUT2D eigenvalue weighted by atomic mass is 10.0. The lowest BCUT2D eigenvalue weighted by Crippen LogP contribution is -2.29. The summed E-state index contributed by atoms with van der Waals surface area (Å²) in [5.41, 5.74) is 1.42. The van der Waals surface area contributed by atoms with Crippen molar-refractivity contribution in [3.8, 4) is 5.75 Å². The lowest BCUT2D eigenvalue weighted by molar-refractivity contribution is -0.135. The second-order valence-corrected chi connectivity index (χ2v) is 5.64. The molecule has 0 aliphatic heterocycles. The molecule has 0 saturated carbocycles. The van der Waals surface area contributed by atoms with Crippen LogP contribution in [-0.4, -0.2) is 17.7 Å².